The maximum absolute atomic E-state index is 11.3. The number of carbonyl (C=O) groups excluding carboxylic acids is 2. The minimum Gasteiger partial charge on any atom is -0.463 e. The van der Waals surface area contributed by atoms with Crippen LogP contribution in [0.3, 0.4) is 0 Å². The average molecular weight is 470 g/mol. The van der Waals surface area contributed by atoms with E-state index in [0.29, 0.717) is 19.6 Å². The van der Waals surface area contributed by atoms with Gasteiger partial charge in [0.1, 0.15) is 0 Å². The molecule has 0 fully saturated rings. The van der Waals surface area contributed by atoms with Crippen molar-refractivity contribution in [1.82, 2.24) is 0 Å². The zero-order chi connectivity index (χ0) is 24.9. The van der Waals surface area contributed by atoms with Gasteiger partial charge in [0, 0.05) is 29.2 Å². The largest absolute Gasteiger partial charge is 0.463 e. The monoisotopic (exact) mass is 469 g/mol. The van der Waals surface area contributed by atoms with Crippen molar-refractivity contribution in [3.63, 3.8) is 0 Å². The summed E-state index contributed by atoms with van der Waals surface area (Å²) in [6.07, 6.45) is 5.41. The number of nitrogens with zero attached hydrogens (tertiary/aromatic N) is 1. The highest BCUT2D eigenvalue weighted by atomic mass is 16.5. The summed E-state index contributed by atoms with van der Waals surface area (Å²) < 4.78 is 10.2. The summed E-state index contributed by atoms with van der Waals surface area (Å²) in [6, 6.07) is 27.0. The minimum absolute atomic E-state index is 0.349. The number of benzene rings is 3. The second-order valence-corrected chi connectivity index (χ2v) is 7.92. The van der Waals surface area contributed by atoms with Gasteiger partial charge in [0.25, 0.3) is 0 Å². The minimum atomic E-state index is -0.400. The number of aryl methyl sites for hydroxylation is 2. The summed E-state index contributed by atoms with van der Waals surface area (Å²) in [4.78, 5) is 24.8. The van der Waals surface area contributed by atoms with Crippen LogP contribution in [0.1, 0.15) is 24.0 Å². The molecule has 0 aromatic heterocycles. The number of carbonyl (C=O) groups is 2. The molecule has 0 unspecified atom stereocenters. The molecule has 3 rings (SSSR count). The summed E-state index contributed by atoms with van der Waals surface area (Å²) in [6.45, 7) is 7.57. The first kappa shape index (κ1) is 25.5. The third kappa shape index (κ3) is 7.71. The SMILES string of the molecule is C=CC(=O)OCCCc1ccc(N(c2ccccc2)c2ccccc2CCCOC(=O)C=C)cc1. The van der Waals surface area contributed by atoms with Gasteiger partial charge < -0.3 is 14.4 Å². The van der Waals surface area contributed by atoms with Gasteiger partial charge in [0.2, 0.25) is 0 Å². The van der Waals surface area contributed by atoms with Crippen LogP contribution < -0.4 is 4.90 Å². The lowest BCUT2D eigenvalue weighted by Gasteiger charge is -2.28. The third-order valence-corrected chi connectivity index (χ3v) is 5.46. The van der Waals surface area contributed by atoms with Gasteiger partial charge in [-0.3, -0.25) is 0 Å². The van der Waals surface area contributed by atoms with E-state index in [1.165, 1.54) is 23.3 Å². The fourth-order valence-corrected chi connectivity index (χ4v) is 3.76. The number of para-hydroxylation sites is 2. The number of rotatable bonds is 13. The van der Waals surface area contributed by atoms with Crippen LogP contribution in [0.5, 0.6) is 0 Å². The van der Waals surface area contributed by atoms with E-state index in [0.717, 1.165) is 36.3 Å². The molecular weight excluding hydrogens is 438 g/mol. The van der Waals surface area contributed by atoms with Crippen LogP contribution in [0, 0.1) is 0 Å². The van der Waals surface area contributed by atoms with Crippen LogP contribution in [0.25, 0.3) is 0 Å². The normalized spacial score (nSPS) is 10.3. The van der Waals surface area contributed by atoms with Crippen LogP contribution in [0.4, 0.5) is 17.1 Å². The predicted molar refractivity (Wildman–Crippen MR) is 140 cm³/mol. The Labute approximate surface area is 207 Å². The molecule has 0 aliphatic carbocycles. The number of hydrogen-bond donors (Lipinski definition) is 0. The van der Waals surface area contributed by atoms with Gasteiger partial charge in [-0.1, -0.05) is 61.7 Å². The molecule has 0 radical (unpaired) electrons. The van der Waals surface area contributed by atoms with E-state index in [-0.39, 0.29) is 0 Å². The maximum Gasteiger partial charge on any atom is 0.330 e. The standard InChI is InChI=1S/C30H31NO4/c1-3-29(32)34-22-10-12-24-18-20-27(21-19-24)31(26-15-6-5-7-16-26)28-17-9-8-13-25(28)14-11-23-35-30(33)4-2/h3-9,13,15-21H,1-2,10-12,14,22-23H2. The van der Waals surface area contributed by atoms with Crippen molar-refractivity contribution < 1.29 is 19.1 Å². The van der Waals surface area contributed by atoms with E-state index in [1.54, 1.807) is 0 Å². The molecule has 0 atom stereocenters. The van der Waals surface area contributed by atoms with Crippen LogP contribution in [-0.4, -0.2) is 25.2 Å². The molecule has 0 bridgehead atoms. The molecule has 5 heteroatoms. The molecule has 0 aliphatic rings. The lowest BCUT2D eigenvalue weighted by Crippen LogP contribution is -2.12. The molecule has 180 valence electrons. The molecule has 35 heavy (non-hydrogen) atoms. The van der Waals surface area contributed by atoms with Crippen LogP contribution in [-0.2, 0) is 31.9 Å². The predicted octanol–water partition coefficient (Wildman–Crippen LogP) is 6.48. The molecule has 0 amide bonds. The summed E-state index contributed by atoms with van der Waals surface area (Å²) in [5.41, 5.74) is 5.52. The molecule has 0 saturated carbocycles. The lowest BCUT2D eigenvalue weighted by molar-refractivity contribution is -0.138. The van der Waals surface area contributed by atoms with Crippen molar-refractivity contribution in [3.8, 4) is 0 Å². The van der Waals surface area contributed by atoms with Gasteiger partial charge in [-0.2, -0.15) is 0 Å². The molecule has 0 spiro atoms. The quantitative estimate of drug-likeness (QED) is 0.163. The second kappa shape index (κ2) is 13.6. The molecular formula is C30H31NO4. The lowest BCUT2D eigenvalue weighted by atomic mass is 10.0. The Morgan fingerprint density at radius 3 is 1.86 bits per heavy atom. The van der Waals surface area contributed by atoms with Crippen molar-refractivity contribution in [3.05, 3.63) is 115 Å². The fraction of sp³-hybridized carbons (Fsp3) is 0.200. The van der Waals surface area contributed by atoms with E-state index in [4.69, 9.17) is 9.47 Å². The third-order valence-electron chi connectivity index (χ3n) is 5.46. The van der Waals surface area contributed by atoms with Crippen LogP contribution >= 0.6 is 0 Å². The highest BCUT2D eigenvalue weighted by Gasteiger charge is 2.15. The van der Waals surface area contributed by atoms with Gasteiger partial charge in [-0.05, 0) is 67.1 Å². The van der Waals surface area contributed by atoms with E-state index >= 15 is 0 Å². The zero-order valence-electron chi connectivity index (χ0n) is 19.9. The van der Waals surface area contributed by atoms with Gasteiger partial charge in [0.15, 0.2) is 0 Å². The highest BCUT2D eigenvalue weighted by Crippen LogP contribution is 2.37. The van der Waals surface area contributed by atoms with E-state index < -0.39 is 11.9 Å². The topological polar surface area (TPSA) is 55.8 Å². The number of ether oxygens (including phenoxy) is 2. The molecule has 3 aromatic carbocycles. The Balaban J connectivity index is 1.78. The van der Waals surface area contributed by atoms with Crippen molar-refractivity contribution in [2.75, 3.05) is 18.1 Å². The Hall–Kier alpha value is -4.12. The molecule has 5 nitrogen and oxygen atoms in total. The van der Waals surface area contributed by atoms with Gasteiger partial charge in [-0.15, -0.1) is 0 Å². The Bertz CT molecular complexity index is 1120. The van der Waals surface area contributed by atoms with Crippen molar-refractivity contribution in [2.24, 2.45) is 0 Å². The Morgan fingerprint density at radius 1 is 0.686 bits per heavy atom. The van der Waals surface area contributed by atoms with Gasteiger partial charge >= 0.3 is 11.9 Å². The maximum atomic E-state index is 11.3. The zero-order valence-corrected chi connectivity index (χ0v) is 19.9. The number of esters is 2. The van der Waals surface area contributed by atoms with Crippen molar-refractivity contribution in [1.29, 1.82) is 0 Å². The summed E-state index contributed by atoms with van der Waals surface area (Å²) in [7, 11) is 0. The average Bonchev–Trinajstić information content (AvgIpc) is 2.91. The molecule has 0 saturated heterocycles. The Morgan fingerprint density at radius 2 is 1.23 bits per heavy atom. The Kier molecular flexibility index (Phi) is 9.88. The second-order valence-electron chi connectivity index (χ2n) is 7.92. The van der Waals surface area contributed by atoms with E-state index in [2.05, 4.69) is 66.6 Å². The number of hydrogen-bond acceptors (Lipinski definition) is 5. The molecule has 0 aliphatic heterocycles. The van der Waals surface area contributed by atoms with Crippen molar-refractivity contribution >= 4 is 29.0 Å². The highest BCUT2D eigenvalue weighted by molar-refractivity contribution is 5.81. The molecule has 0 heterocycles. The summed E-state index contributed by atoms with van der Waals surface area (Å²) >= 11 is 0. The van der Waals surface area contributed by atoms with Gasteiger partial charge in [0.05, 0.1) is 13.2 Å². The van der Waals surface area contributed by atoms with Crippen molar-refractivity contribution in [2.45, 2.75) is 25.7 Å². The summed E-state index contributed by atoms with van der Waals surface area (Å²) in [5.74, 6) is -0.792. The first-order chi connectivity index (χ1) is 17.1. The molecule has 0 N–H and O–H groups in total. The smallest absolute Gasteiger partial charge is 0.330 e. The first-order valence-electron chi connectivity index (χ1n) is 11.7. The van der Waals surface area contributed by atoms with Gasteiger partial charge in [-0.25, -0.2) is 9.59 Å². The fourth-order valence-electron chi connectivity index (χ4n) is 3.76. The first-order valence-corrected chi connectivity index (χ1v) is 11.7. The van der Waals surface area contributed by atoms with E-state index in [1.807, 2.05) is 30.3 Å². The van der Waals surface area contributed by atoms with Crippen LogP contribution in [0.15, 0.2) is 104 Å². The van der Waals surface area contributed by atoms with E-state index in [9.17, 15) is 9.59 Å². The summed E-state index contributed by atoms with van der Waals surface area (Å²) in [5, 5.41) is 0. The number of anilines is 3. The molecule has 3 aromatic rings. The van der Waals surface area contributed by atoms with Crippen LogP contribution in [0.2, 0.25) is 0 Å².